The molecule has 0 bridgehead atoms. The molecule has 1 spiro atoms. The number of benzene rings is 1. The average molecular weight is 367 g/mol. The van der Waals surface area contributed by atoms with Gasteiger partial charge in [0.25, 0.3) is 0 Å². The summed E-state index contributed by atoms with van der Waals surface area (Å²) in [5.41, 5.74) is 0.805. The van der Waals surface area contributed by atoms with E-state index in [4.69, 9.17) is 4.74 Å². The maximum Gasteiger partial charge on any atom is 0.243 e. The smallest absolute Gasteiger partial charge is 0.243 e. The third-order valence-electron chi connectivity index (χ3n) is 5.83. The largest absolute Gasteiger partial charge is 0.372 e. The van der Waals surface area contributed by atoms with E-state index in [1.165, 1.54) is 0 Å². The van der Waals surface area contributed by atoms with Gasteiger partial charge in [-0.3, -0.25) is 0 Å². The second-order valence-electron chi connectivity index (χ2n) is 7.30. The summed E-state index contributed by atoms with van der Waals surface area (Å²) in [4.78, 5) is 2.80. The van der Waals surface area contributed by atoms with E-state index in [9.17, 15) is 8.42 Å². The van der Waals surface area contributed by atoms with Gasteiger partial charge in [0.15, 0.2) is 0 Å². The molecular weight excluding hydrogens is 336 g/mol. The molecule has 1 aromatic carbocycles. The SMILES string of the molecule is CCN(CC)CC[C@@H]1CCOC12CN(S(=O)(=O)c1ccc(C)cc1)C2. The molecule has 5 nitrogen and oxygen atoms in total. The van der Waals surface area contributed by atoms with Crippen molar-refractivity contribution < 1.29 is 13.2 Å². The Morgan fingerprint density at radius 1 is 1.20 bits per heavy atom. The lowest BCUT2D eigenvalue weighted by atomic mass is 9.80. The molecule has 2 aliphatic rings. The minimum Gasteiger partial charge on any atom is -0.372 e. The maximum atomic E-state index is 12.8. The standard InChI is InChI=1S/C19H30N2O3S/c1-4-20(5-2)12-10-17-11-13-24-19(17)14-21(15-19)25(22,23)18-8-6-16(3)7-9-18/h6-9,17H,4-5,10-15H2,1-3H3/t17-/m1/s1. The van der Waals surface area contributed by atoms with Crippen molar-refractivity contribution in [3.63, 3.8) is 0 Å². The molecular formula is C19H30N2O3S. The Bertz CT molecular complexity index is 677. The molecule has 1 atom stereocenters. The van der Waals surface area contributed by atoms with Gasteiger partial charge in [-0.1, -0.05) is 31.5 Å². The van der Waals surface area contributed by atoms with Crippen LogP contribution in [-0.4, -0.2) is 62.6 Å². The number of aryl methyl sites for hydroxylation is 1. The fourth-order valence-corrected chi connectivity index (χ4v) is 5.56. The van der Waals surface area contributed by atoms with Crippen LogP contribution in [0.25, 0.3) is 0 Å². The van der Waals surface area contributed by atoms with E-state index in [1.54, 1.807) is 16.4 Å². The fraction of sp³-hybridized carbons (Fsp3) is 0.684. The second kappa shape index (κ2) is 7.35. The van der Waals surface area contributed by atoms with Gasteiger partial charge in [0.05, 0.1) is 10.5 Å². The Morgan fingerprint density at radius 2 is 1.84 bits per heavy atom. The Kier molecular flexibility index (Phi) is 5.54. The molecule has 2 fully saturated rings. The molecule has 2 saturated heterocycles. The lowest BCUT2D eigenvalue weighted by molar-refractivity contribution is -0.103. The Hall–Kier alpha value is -0.950. The van der Waals surface area contributed by atoms with Crippen LogP contribution in [0.15, 0.2) is 29.2 Å². The zero-order valence-electron chi connectivity index (χ0n) is 15.6. The van der Waals surface area contributed by atoms with Gasteiger partial charge >= 0.3 is 0 Å². The Labute approximate surface area is 152 Å². The average Bonchev–Trinajstić information content (AvgIpc) is 2.99. The number of hydrogen-bond donors (Lipinski definition) is 0. The Morgan fingerprint density at radius 3 is 2.44 bits per heavy atom. The van der Waals surface area contributed by atoms with E-state index in [-0.39, 0.29) is 5.60 Å². The van der Waals surface area contributed by atoms with Crippen molar-refractivity contribution in [1.29, 1.82) is 0 Å². The van der Waals surface area contributed by atoms with Crippen molar-refractivity contribution >= 4 is 10.0 Å². The van der Waals surface area contributed by atoms with Crippen molar-refractivity contribution in [2.24, 2.45) is 5.92 Å². The van der Waals surface area contributed by atoms with E-state index in [2.05, 4.69) is 18.7 Å². The van der Waals surface area contributed by atoms with Crippen LogP contribution >= 0.6 is 0 Å². The summed E-state index contributed by atoms with van der Waals surface area (Å²) >= 11 is 0. The Balaban J connectivity index is 1.64. The summed E-state index contributed by atoms with van der Waals surface area (Å²) < 4.78 is 33.2. The molecule has 3 rings (SSSR count). The number of sulfonamides is 1. The third kappa shape index (κ3) is 3.63. The van der Waals surface area contributed by atoms with Crippen LogP contribution in [0.5, 0.6) is 0 Å². The van der Waals surface area contributed by atoms with Crippen LogP contribution < -0.4 is 0 Å². The number of rotatable bonds is 7. The van der Waals surface area contributed by atoms with E-state index >= 15 is 0 Å². The summed E-state index contributed by atoms with van der Waals surface area (Å²) in [6.45, 7) is 11.2. The predicted molar refractivity (Wildman–Crippen MR) is 99.1 cm³/mol. The minimum absolute atomic E-state index is 0.259. The minimum atomic E-state index is -3.40. The van der Waals surface area contributed by atoms with Crippen LogP contribution in [0.4, 0.5) is 0 Å². The monoisotopic (exact) mass is 366 g/mol. The molecule has 140 valence electrons. The molecule has 25 heavy (non-hydrogen) atoms. The van der Waals surface area contributed by atoms with Crippen molar-refractivity contribution in [1.82, 2.24) is 9.21 Å². The van der Waals surface area contributed by atoms with Crippen molar-refractivity contribution in [3.05, 3.63) is 29.8 Å². The van der Waals surface area contributed by atoms with Crippen LogP contribution in [0.3, 0.4) is 0 Å². The second-order valence-corrected chi connectivity index (χ2v) is 9.24. The summed E-state index contributed by atoms with van der Waals surface area (Å²) in [6.07, 6.45) is 2.12. The molecule has 0 amide bonds. The molecule has 0 unspecified atom stereocenters. The van der Waals surface area contributed by atoms with Gasteiger partial charge in [0, 0.05) is 19.7 Å². The van der Waals surface area contributed by atoms with Crippen molar-refractivity contribution in [3.8, 4) is 0 Å². The summed E-state index contributed by atoms with van der Waals surface area (Å²) in [5.74, 6) is 0.456. The van der Waals surface area contributed by atoms with Crippen LogP contribution in [0.1, 0.15) is 32.3 Å². The summed E-state index contributed by atoms with van der Waals surface area (Å²) in [6, 6.07) is 7.09. The molecule has 0 N–H and O–H groups in total. The van der Waals surface area contributed by atoms with E-state index in [1.807, 2.05) is 19.1 Å². The first-order valence-electron chi connectivity index (χ1n) is 9.34. The zero-order chi connectivity index (χ0) is 18.1. The van der Waals surface area contributed by atoms with Crippen molar-refractivity contribution in [2.75, 3.05) is 39.3 Å². The highest BCUT2D eigenvalue weighted by atomic mass is 32.2. The summed E-state index contributed by atoms with van der Waals surface area (Å²) in [5, 5.41) is 0. The van der Waals surface area contributed by atoms with Crippen LogP contribution in [0, 0.1) is 12.8 Å². The lowest BCUT2D eigenvalue weighted by Gasteiger charge is -2.49. The summed E-state index contributed by atoms with van der Waals surface area (Å²) in [7, 11) is -3.40. The first kappa shape index (κ1) is 18.8. The molecule has 2 aliphatic heterocycles. The molecule has 6 heteroatoms. The normalized spacial score (nSPS) is 23.3. The van der Waals surface area contributed by atoms with Gasteiger partial charge in [-0.05, 0) is 57.5 Å². The van der Waals surface area contributed by atoms with Gasteiger partial charge < -0.3 is 9.64 Å². The first-order chi connectivity index (χ1) is 11.9. The van der Waals surface area contributed by atoms with Gasteiger partial charge in [0.2, 0.25) is 10.0 Å². The van der Waals surface area contributed by atoms with Gasteiger partial charge in [0.1, 0.15) is 0 Å². The van der Waals surface area contributed by atoms with E-state index in [0.717, 1.165) is 44.6 Å². The van der Waals surface area contributed by atoms with Crippen LogP contribution in [0.2, 0.25) is 0 Å². The van der Waals surface area contributed by atoms with Gasteiger partial charge in [-0.25, -0.2) is 8.42 Å². The van der Waals surface area contributed by atoms with Crippen LogP contribution in [-0.2, 0) is 14.8 Å². The highest BCUT2D eigenvalue weighted by Gasteiger charge is 2.56. The van der Waals surface area contributed by atoms with Gasteiger partial charge in [-0.2, -0.15) is 4.31 Å². The topological polar surface area (TPSA) is 49.9 Å². The van der Waals surface area contributed by atoms with Crippen molar-refractivity contribution in [2.45, 2.75) is 44.1 Å². The molecule has 0 aromatic heterocycles. The third-order valence-corrected chi connectivity index (χ3v) is 7.64. The molecule has 0 saturated carbocycles. The molecule has 1 aromatic rings. The van der Waals surface area contributed by atoms with E-state index in [0.29, 0.717) is 23.9 Å². The molecule has 2 heterocycles. The first-order valence-corrected chi connectivity index (χ1v) is 10.8. The maximum absolute atomic E-state index is 12.8. The molecule has 0 radical (unpaired) electrons. The lowest BCUT2D eigenvalue weighted by Crippen LogP contribution is -2.66. The van der Waals surface area contributed by atoms with E-state index < -0.39 is 10.0 Å². The number of hydrogen-bond acceptors (Lipinski definition) is 4. The fourth-order valence-electron chi connectivity index (χ4n) is 4.00. The highest BCUT2D eigenvalue weighted by molar-refractivity contribution is 7.89. The highest BCUT2D eigenvalue weighted by Crippen LogP contribution is 2.43. The zero-order valence-corrected chi connectivity index (χ0v) is 16.4. The predicted octanol–water partition coefficient (Wildman–Crippen LogP) is 2.51. The number of ether oxygens (including phenoxy) is 1. The quantitative estimate of drug-likeness (QED) is 0.744. The number of nitrogens with zero attached hydrogens (tertiary/aromatic N) is 2. The van der Waals surface area contributed by atoms with Gasteiger partial charge in [-0.15, -0.1) is 0 Å². The molecule has 0 aliphatic carbocycles.